The number of aryl methyl sites for hydroxylation is 3. The molecular formula is C27H34N4O2. The average Bonchev–Trinajstić information content (AvgIpc) is 3.13. The zero-order chi connectivity index (χ0) is 23.2. The maximum absolute atomic E-state index is 12.9. The Bertz CT molecular complexity index is 1110. The number of carbonyl (C=O) groups is 2. The summed E-state index contributed by atoms with van der Waals surface area (Å²) in [5.41, 5.74) is 4.89. The van der Waals surface area contributed by atoms with Crippen LogP contribution in [0.1, 0.15) is 55.5 Å². The van der Waals surface area contributed by atoms with Gasteiger partial charge in [0.1, 0.15) is 12.4 Å². The van der Waals surface area contributed by atoms with Gasteiger partial charge in [0.2, 0.25) is 11.8 Å². The zero-order valence-electron chi connectivity index (χ0n) is 19.7. The summed E-state index contributed by atoms with van der Waals surface area (Å²) in [5.74, 6) is 1.17. The summed E-state index contributed by atoms with van der Waals surface area (Å²) < 4.78 is 2.00. The van der Waals surface area contributed by atoms with Gasteiger partial charge in [0.25, 0.3) is 0 Å². The largest absolute Gasteiger partial charge is 0.356 e. The van der Waals surface area contributed by atoms with E-state index in [0.717, 1.165) is 65.8 Å². The Morgan fingerprint density at radius 1 is 1.03 bits per heavy atom. The number of amides is 2. The number of imidazole rings is 1. The van der Waals surface area contributed by atoms with Gasteiger partial charge in [-0.2, -0.15) is 0 Å². The molecule has 1 aliphatic rings. The van der Waals surface area contributed by atoms with Gasteiger partial charge in [-0.1, -0.05) is 37.5 Å². The summed E-state index contributed by atoms with van der Waals surface area (Å²) >= 11 is 0. The van der Waals surface area contributed by atoms with Gasteiger partial charge in [0.15, 0.2) is 0 Å². The minimum Gasteiger partial charge on any atom is -0.356 e. The number of para-hydroxylation sites is 2. The Morgan fingerprint density at radius 3 is 2.52 bits per heavy atom. The van der Waals surface area contributed by atoms with E-state index >= 15 is 0 Å². The van der Waals surface area contributed by atoms with Crippen LogP contribution in [0.4, 0.5) is 5.69 Å². The van der Waals surface area contributed by atoms with Crippen molar-refractivity contribution in [3.8, 4) is 0 Å². The van der Waals surface area contributed by atoms with Gasteiger partial charge < -0.3 is 15.2 Å². The molecule has 0 aliphatic heterocycles. The molecule has 1 saturated carbocycles. The van der Waals surface area contributed by atoms with Gasteiger partial charge >= 0.3 is 0 Å². The number of carbonyl (C=O) groups excluding carboxylic acids is 2. The van der Waals surface area contributed by atoms with Gasteiger partial charge in [-0.15, -0.1) is 0 Å². The highest BCUT2D eigenvalue weighted by atomic mass is 16.2. The summed E-state index contributed by atoms with van der Waals surface area (Å²) in [5, 5.41) is 6.13. The first kappa shape index (κ1) is 23.0. The lowest BCUT2D eigenvalue weighted by atomic mass is 9.89. The van der Waals surface area contributed by atoms with Crippen molar-refractivity contribution >= 4 is 28.5 Å². The van der Waals surface area contributed by atoms with Crippen LogP contribution in [-0.4, -0.2) is 27.9 Å². The van der Waals surface area contributed by atoms with E-state index in [1.54, 1.807) is 0 Å². The summed E-state index contributed by atoms with van der Waals surface area (Å²) in [6.07, 6.45) is 7.08. The molecule has 0 saturated heterocycles. The van der Waals surface area contributed by atoms with Crippen molar-refractivity contribution < 1.29 is 9.59 Å². The number of nitrogens with one attached hydrogen (secondary N) is 2. The average molecular weight is 447 g/mol. The van der Waals surface area contributed by atoms with Crippen molar-refractivity contribution in [2.75, 3.05) is 11.9 Å². The van der Waals surface area contributed by atoms with E-state index < -0.39 is 0 Å². The molecule has 2 aromatic carbocycles. The predicted octanol–water partition coefficient (Wildman–Crippen LogP) is 4.92. The summed E-state index contributed by atoms with van der Waals surface area (Å²) in [4.78, 5) is 30.1. The number of hydrogen-bond acceptors (Lipinski definition) is 3. The quantitative estimate of drug-likeness (QED) is 0.482. The standard InChI is InChI=1S/C27H34N4O2/c1-19-15-20(2)17-22(16-19)29-26(32)18-31-24-12-7-6-11-23(24)30-25(31)13-8-14-28-27(33)21-9-4-3-5-10-21/h6-7,11-12,15-17,21H,3-5,8-10,13-14,18H2,1-2H3,(H,28,33)(H,29,32). The monoisotopic (exact) mass is 446 g/mol. The highest BCUT2D eigenvalue weighted by Crippen LogP contribution is 2.23. The summed E-state index contributed by atoms with van der Waals surface area (Å²) in [6, 6.07) is 14.0. The third kappa shape index (κ3) is 6.01. The molecule has 0 unspecified atom stereocenters. The molecule has 2 amide bonds. The van der Waals surface area contributed by atoms with E-state index in [1.807, 2.05) is 54.8 Å². The van der Waals surface area contributed by atoms with Crippen LogP contribution in [0.2, 0.25) is 0 Å². The fraction of sp³-hybridized carbons (Fsp3) is 0.444. The first-order valence-electron chi connectivity index (χ1n) is 12.1. The van der Waals surface area contributed by atoms with Crippen molar-refractivity contribution in [3.63, 3.8) is 0 Å². The molecule has 2 N–H and O–H groups in total. The smallest absolute Gasteiger partial charge is 0.244 e. The van der Waals surface area contributed by atoms with Crippen molar-refractivity contribution in [1.82, 2.24) is 14.9 Å². The molecule has 0 radical (unpaired) electrons. The molecule has 4 rings (SSSR count). The third-order valence-corrected chi connectivity index (χ3v) is 6.39. The minimum atomic E-state index is -0.0741. The SMILES string of the molecule is Cc1cc(C)cc(NC(=O)Cn2c(CCCNC(=O)C3CCCCC3)nc3ccccc32)c1. The molecule has 1 fully saturated rings. The number of rotatable bonds is 8. The molecule has 1 aromatic heterocycles. The lowest BCUT2D eigenvalue weighted by Crippen LogP contribution is -2.32. The van der Waals surface area contributed by atoms with Gasteiger partial charge in [0, 0.05) is 24.6 Å². The fourth-order valence-corrected chi connectivity index (χ4v) is 4.85. The highest BCUT2D eigenvalue weighted by molar-refractivity contribution is 5.92. The molecule has 6 heteroatoms. The number of anilines is 1. The molecular weight excluding hydrogens is 412 g/mol. The second kappa shape index (κ2) is 10.6. The van der Waals surface area contributed by atoms with Crippen molar-refractivity contribution in [1.29, 1.82) is 0 Å². The summed E-state index contributed by atoms with van der Waals surface area (Å²) in [6.45, 7) is 4.89. The van der Waals surface area contributed by atoms with Crippen molar-refractivity contribution in [2.45, 2.75) is 65.3 Å². The van der Waals surface area contributed by atoms with E-state index in [9.17, 15) is 9.59 Å². The van der Waals surface area contributed by atoms with Crippen LogP contribution < -0.4 is 10.6 Å². The van der Waals surface area contributed by atoms with Gasteiger partial charge in [0.05, 0.1) is 11.0 Å². The Morgan fingerprint density at radius 2 is 1.76 bits per heavy atom. The number of aromatic nitrogens is 2. The van der Waals surface area contributed by atoms with E-state index in [0.29, 0.717) is 13.0 Å². The van der Waals surface area contributed by atoms with E-state index in [1.165, 1.54) is 6.42 Å². The van der Waals surface area contributed by atoms with Crippen LogP contribution in [-0.2, 0) is 22.6 Å². The number of fused-ring (bicyclic) bond motifs is 1. The molecule has 33 heavy (non-hydrogen) atoms. The van der Waals surface area contributed by atoms with Gasteiger partial charge in [-0.25, -0.2) is 4.98 Å². The van der Waals surface area contributed by atoms with Crippen LogP contribution in [0.25, 0.3) is 11.0 Å². The molecule has 6 nitrogen and oxygen atoms in total. The molecule has 1 heterocycles. The van der Waals surface area contributed by atoms with Crippen LogP contribution in [0.3, 0.4) is 0 Å². The van der Waals surface area contributed by atoms with E-state index in [2.05, 4.69) is 16.7 Å². The maximum atomic E-state index is 12.9. The fourth-order valence-electron chi connectivity index (χ4n) is 4.85. The second-order valence-corrected chi connectivity index (χ2v) is 9.26. The predicted molar refractivity (Wildman–Crippen MR) is 132 cm³/mol. The lowest BCUT2D eigenvalue weighted by molar-refractivity contribution is -0.125. The van der Waals surface area contributed by atoms with E-state index in [4.69, 9.17) is 4.98 Å². The molecule has 0 bridgehead atoms. The topological polar surface area (TPSA) is 76.0 Å². The highest BCUT2D eigenvalue weighted by Gasteiger charge is 2.20. The lowest BCUT2D eigenvalue weighted by Gasteiger charge is -2.20. The molecule has 174 valence electrons. The minimum absolute atomic E-state index is 0.0741. The Labute approximate surface area is 195 Å². The van der Waals surface area contributed by atoms with Crippen LogP contribution in [0.15, 0.2) is 42.5 Å². The zero-order valence-corrected chi connectivity index (χ0v) is 19.7. The molecule has 0 atom stereocenters. The van der Waals surface area contributed by atoms with Crippen LogP contribution in [0, 0.1) is 19.8 Å². The Kier molecular flexibility index (Phi) is 7.43. The normalized spacial score (nSPS) is 14.4. The van der Waals surface area contributed by atoms with Gasteiger partial charge in [-0.05, 0) is 68.5 Å². The Balaban J connectivity index is 1.39. The second-order valence-electron chi connectivity index (χ2n) is 9.26. The van der Waals surface area contributed by atoms with Crippen molar-refractivity contribution in [3.05, 3.63) is 59.4 Å². The molecule has 0 spiro atoms. The van der Waals surface area contributed by atoms with Crippen molar-refractivity contribution in [2.24, 2.45) is 5.92 Å². The summed E-state index contributed by atoms with van der Waals surface area (Å²) in [7, 11) is 0. The van der Waals surface area contributed by atoms with Crippen LogP contribution in [0.5, 0.6) is 0 Å². The number of nitrogens with zero attached hydrogens (tertiary/aromatic N) is 2. The first-order chi connectivity index (χ1) is 16.0. The van der Waals surface area contributed by atoms with Crippen LogP contribution >= 0.6 is 0 Å². The molecule has 3 aromatic rings. The van der Waals surface area contributed by atoms with E-state index in [-0.39, 0.29) is 24.3 Å². The first-order valence-corrected chi connectivity index (χ1v) is 12.1. The van der Waals surface area contributed by atoms with Gasteiger partial charge in [-0.3, -0.25) is 9.59 Å². The Hall–Kier alpha value is -3.15. The number of hydrogen-bond donors (Lipinski definition) is 2. The third-order valence-electron chi connectivity index (χ3n) is 6.39. The number of benzene rings is 2. The maximum Gasteiger partial charge on any atom is 0.244 e. The molecule has 1 aliphatic carbocycles.